The van der Waals surface area contributed by atoms with Gasteiger partial charge in [0.25, 0.3) is 0 Å². The number of carboxylic acids is 2. The van der Waals surface area contributed by atoms with E-state index >= 15 is 0 Å². The highest BCUT2D eigenvalue weighted by Gasteiger charge is 2.24. The molecule has 20 heavy (non-hydrogen) atoms. The first-order valence-electron chi connectivity index (χ1n) is 4.95. The van der Waals surface area contributed by atoms with Crippen molar-refractivity contribution in [3.63, 3.8) is 0 Å². The number of ketones is 1. The van der Waals surface area contributed by atoms with E-state index in [9.17, 15) is 24.5 Å². The van der Waals surface area contributed by atoms with Gasteiger partial charge in [-0.25, -0.2) is 9.59 Å². The third-order valence-corrected chi connectivity index (χ3v) is 2.86. The zero-order valence-corrected chi connectivity index (χ0v) is 10.5. The Labute approximate surface area is 115 Å². The van der Waals surface area contributed by atoms with E-state index in [4.69, 9.17) is 10.2 Å². The number of nitrogens with zero attached hydrogens (tertiary/aromatic N) is 1. The van der Waals surface area contributed by atoms with Crippen molar-refractivity contribution in [3.8, 4) is 0 Å². The van der Waals surface area contributed by atoms with Gasteiger partial charge < -0.3 is 10.2 Å². The molecule has 0 amide bonds. The Bertz CT molecular complexity index is 611. The summed E-state index contributed by atoms with van der Waals surface area (Å²) < 4.78 is 0. The number of rotatable bonds is 6. The molecular formula is C11H7NO7S. The zero-order chi connectivity index (χ0) is 15.3. The van der Waals surface area contributed by atoms with Crippen LogP contribution in [0.25, 0.3) is 0 Å². The summed E-state index contributed by atoms with van der Waals surface area (Å²) in [6, 6.07) is 2.93. The van der Waals surface area contributed by atoms with Gasteiger partial charge in [0.2, 0.25) is 5.78 Å². The Balaban J connectivity index is 3.31. The summed E-state index contributed by atoms with van der Waals surface area (Å²) in [7, 11) is 0. The van der Waals surface area contributed by atoms with E-state index in [1.807, 2.05) is 0 Å². The van der Waals surface area contributed by atoms with Crippen LogP contribution >= 0.6 is 11.3 Å². The zero-order valence-electron chi connectivity index (χ0n) is 9.68. The average molecular weight is 297 g/mol. The lowest BCUT2D eigenvalue weighted by molar-refractivity contribution is -0.421. The molecule has 1 heterocycles. The first-order valence-corrected chi connectivity index (χ1v) is 5.83. The number of carboxylic acid groups (broad SMARTS) is 2. The highest BCUT2D eigenvalue weighted by atomic mass is 32.1. The van der Waals surface area contributed by atoms with E-state index < -0.39 is 33.9 Å². The summed E-state index contributed by atoms with van der Waals surface area (Å²) >= 11 is 1.00. The highest BCUT2D eigenvalue weighted by molar-refractivity contribution is 7.12. The molecule has 0 aliphatic carbocycles. The van der Waals surface area contributed by atoms with Crippen molar-refractivity contribution in [2.45, 2.75) is 0 Å². The third kappa shape index (κ3) is 3.85. The number of hydrogen-bond acceptors (Lipinski definition) is 6. The van der Waals surface area contributed by atoms with Crippen molar-refractivity contribution >= 4 is 29.1 Å². The van der Waals surface area contributed by atoms with E-state index in [1.54, 1.807) is 5.38 Å². The summed E-state index contributed by atoms with van der Waals surface area (Å²) in [5.41, 5.74) is -1.88. The molecule has 0 atom stereocenters. The van der Waals surface area contributed by atoms with Gasteiger partial charge in [0, 0.05) is 17.7 Å². The maximum Gasteiger partial charge on any atom is 0.407 e. The van der Waals surface area contributed by atoms with Crippen molar-refractivity contribution in [2.24, 2.45) is 0 Å². The quantitative estimate of drug-likeness (QED) is 0.264. The van der Waals surface area contributed by atoms with Crippen LogP contribution < -0.4 is 0 Å². The molecule has 0 radical (unpaired) electrons. The van der Waals surface area contributed by atoms with Crippen molar-refractivity contribution in [1.82, 2.24) is 0 Å². The van der Waals surface area contributed by atoms with Gasteiger partial charge in [-0.3, -0.25) is 14.9 Å². The van der Waals surface area contributed by atoms with E-state index in [0.717, 1.165) is 11.3 Å². The maximum absolute atomic E-state index is 11.9. The molecule has 8 nitrogen and oxygen atoms in total. The van der Waals surface area contributed by atoms with Crippen LogP contribution in [0.4, 0.5) is 0 Å². The Morgan fingerprint density at radius 2 is 1.90 bits per heavy atom. The molecule has 0 bridgehead atoms. The molecule has 0 spiro atoms. The van der Waals surface area contributed by atoms with Gasteiger partial charge in [0.05, 0.1) is 9.80 Å². The lowest BCUT2D eigenvalue weighted by atomic mass is 10.1. The van der Waals surface area contributed by atoms with Crippen molar-refractivity contribution in [1.29, 1.82) is 0 Å². The molecule has 9 heteroatoms. The Morgan fingerprint density at radius 1 is 1.25 bits per heavy atom. The molecule has 0 aliphatic heterocycles. The Morgan fingerprint density at radius 3 is 2.30 bits per heavy atom. The fourth-order valence-electron chi connectivity index (χ4n) is 1.20. The normalized spacial score (nSPS) is 12.0. The van der Waals surface area contributed by atoms with Crippen LogP contribution in [-0.2, 0) is 9.59 Å². The smallest absolute Gasteiger partial charge is 0.407 e. The van der Waals surface area contributed by atoms with Gasteiger partial charge in [-0.1, -0.05) is 6.07 Å². The van der Waals surface area contributed by atoms with Gasteiger partial charge >= 0.3 is 17.6 Å². The predicted molar refractivity (Wildman–Crippen MR) is 67.1 cm³/mol. The van der Waals surface area contributed by atoms with E-state index in [-0.39, 0.29) is 4.88 Å². The SMILES string of the molecule is O=C(O)C=C(C=C(C(=O)O)[N+](=O)[O-])C(=O)c1cccs1. The number of thiophene rings is 1. The highest BCUT2D eigenvalue weighted by Crippen LogP contribution is 2.17. The Hall–Kier alpha value is -2.81. The molecule has 104 valence electrons. The van der Waals surface area contributed by atoms with Gasteiger partial charge in [-0.2, -0.15) is 0 Å². The van der Waals surface area contributed by atoms with Crippen molar-refractivity contribution in [2.75, 3.05) is 0 Å². The fraction of sp³-hybridized carbons (Fsp3) is 0. The lowest BCUT2D eigenvalue weighted by Gasteiger charge is -1.98. The summed E-state index contributed by atoms with van der Waals surface area (Å²) in [6.07, 6.45) is 0.854. The van der Waals surface area contributed by atoms with Gasteiger partial charge in [-0.05, 0) is 11.4 Å². The minimum atomic E-state index is -1.87. The molecule has 1 aromatic heterocycles. The number of nitro groups is 1. The topological polar surface area (TPSA) is 135 Å². The standard InChI is InChI=1S/C11H7NO7S/c13-9(14)5-6(4-7(11(16)17)12(18)19)10(15)8-2-1-3-20-8/h1-5H,(H,13,14)(H,16,17). The molecule has 2 N–H and O–H groups in total. The average Bonchev–Trinajstić information content (AvgIpc) is 2.85. The molecule has 0 saturated heterocycles. The Kier molecular flexibility index (Phi) is 4.87. The number of aliphatic carboxylic acids is 2. The molecule has 1 aromatic rings. The number of carbonyl (C=O) groups excluding carboxylic acids is 1. The van der Waals surface area contributed by atoms with E-state index in [1.165, 1.54) is 12.1 Å². The van der Waals surface area contributed by atoms with Crippen molar-refractivity contribution < 1.29 is 29.5 Å². The summed E-state index contributed by atoms with van der Waals surface area (Å²) in [5.74, 6) is -4.19. The minimum absolute atomic E-state index is 0.141. The third-order valence-electron chi connectivity index (χ3n) is 1.99. The summed E-state index contributed by atoms with van der Waals surface area (Å²) in [5, 5.41) is 29.4. The van der Waals surface area contributed by atoms with Crippen LogP contribution in [0, 0.1) is 10.1 Å². The first kappa shape index (κ1) is 15.2. The predicted octanol–water partition coefficient (Wildman–Crippen LogP) is 1.19. The summed E-state index contributed by atoms with van der Waals surface area (Å²) in [6.45, 7) is 0. The van der Waals surface area contributed by atoms with Crippen LogP contribution in [0.3, 0.4) is 0 Å². The molecular weight excluding hydrogens is 290 g/mol. The van der Waals surface area contributed by atoms with Crippen LogP contribution in [-0.4, -0.2) is 32.9 Å². The second-order valence-corrected chi connectivity index (χ2v) is 4.28. The molecule has 0 aromatic carbocycles. The van der Waals surface area contributed by atoms with E-state index in [0.29, 0.717) is 12.2 Å². The molecule has 0 aliphatic rings. The number of allylic oxidation sites excluding steroid dienone is 2. The van der Waals surface area contributed by atoms with Gasteiger partial charge in [0.15, 0.2) is 0 Å². The molecule has 1 rings (SSSR count). The monoisotopic (exact) mass is 297 g/mol. The number of Topliss-reactive ketones (excluding diaryl/α,β-unsaturated/α-hetero) is 1. The van der Waals surface area contributed by atoms with E-state index in [2.05, 4.69) is 0 Å². The van der Waals surface area contributed by atoms with Gasteiger partial charge in [0.1, 0.15) is 0 Å². The second-order valence-electron chi connectivity index (χ2n) is 3.34. The first-order chi connectivity index (χ1) is 9.32. The van der Waals surface area contributed by atoms with Crippen LogP contribution in [0.1, 0.15) is 9.67 Å². The molecule has 0 fully saturated rings. The lowest BCUT2D eigenvalue weighted by Crippen LogP contribution is -2.13. The summed E-state index contributed by atoms with van der Waals surface area (Å²) in [4.78, 5) is 42.7. The number of hydrogen-bond donors (Lipinski definition) is 2. The van der Waals surface area contributed by atoms with Gasteiger partial charge in [-0.15, -0.1) is 11.3 Å². The minimum Gasteiger partial charge on any atom is -0.478 e. The van der Waals surface area contributed by atoms with Crippen LogP contribution in [0.5, 0.6) is 0 Å². The maximum atomic E-state index is 11.9. The largest absolute Gasteiger partial charge is 0.478 e. The second kappa shape index (κ2) is 6.38. The molecule has 0 unspecified atom stereocenters. The van der Waals surface area contributed by atoms with Crippen LogP contribution in [0.15, 0.2) is 40.9 Å². The fourth-order valence-corrected chi connectivity index (χ4v) is 1.88. The number of carbonyl (C=O) groups is 3. The van der Waals surface area contributed by atoms with Crippen molar-refractivity contribution in [3.05, 3.63) is 55.9 Å². The van der Waals surface area contributed by atoms with Crippen LogP contribution in [0.2, 0.25) is 0 Å². The molecule has 0 saturated carbocycles.